The highest BCUT2D eigenvalue weighted by molar-refractivity contribution is 7.91. The SMILES string of the molecule is O=C([O-])C(F)(F)Cc1ccc(S(=O)(=O)c2ccc(O)cc2)cc1. The molecule has 0 unspecified atom stereocenters. The number of phenols is 1. The molecule has 0 atom stereocenters. The highest BCUT2D eigenvalue weighted by Crippen LogP contribution is 2.25. The first-order chi connectivity index (χ1) is 10.6. The van der Waals surface area contributed by atoms with Crippen LogP contribution in [0.1, 0.15) is 5.56 Å². The smallest absolute Gasteiger partial charge is 0.291 e. The quantitative estimate of drug-likeness (QED) is 0.880. The second-order valence-electron chi connectivity index (χ2n) is 4.81. The van der Waals surface area contributed by atoms with Crippen molar-refractivity contribution in [3.8, 4) is 5.75 Å². The van der Waals surface area contributed by atoms with Gasteiger partial charge in [-0.25, -0.2) is 8.42 Å². The van der Waals surface area contributed by atoms with Crippen LogP contribution in [-0.4, -0.2) is 25.4 Å². The molecule has 8 heteroatoms. The number of benzene rings is 2. The Morgan fingerprint density at radius 1 is 1.00 bits per heavy atom. The Morgan fingerprint density at radius 2 is 1.43 bits per heavy atom. The third-order valence-electron chi connectivity index (χ3n) is 3.11. The van der Waals surface area contributed by atoms with Gasteiger partial charge in [0.2, 0.25) is 9.84 Å². The summed E-state index contributed by atoms with van der Waals surface area (Å²) < 4.78 is 50.8. The number of carboxylic acid groups (broad SMARTS) is 1. The number of aliphatic carboxylic acids is 1. The average molecular weight is 341 g/mol. The lowest BCUT2D eigenvalue weighted by Gasteiger charge is -2.17. The van der Waals surface area contributed by atoms with Crippen molar-refractivity contribution in [3.63, 3.8) is 0 Å². The first kappa shape index (κ1) is 16.9. The largest absolute Gasteiger partial charge is 0.544 e. The molecule has 0 aromatic heterocycles. The Bertz CT molecular complexity index is 812. The number of alkyl halides is 2. The van der Waals surface area contributed by atoms with E-state index in [4.69, 9.17) is 5.11 Å². The van der Waals surface area contributed by atoms with E-state index >= 15 is 0 Å². The molecule has 0 bridgehead atoms. The molecule has 0 aliphatic rings. The third kappa shape index (κ3) is 3.65. The number of aromatic hydroxyl groups is 1. The van der Waals surface area contributed by atoms with Crippen molar-refractivity contribution in [1.82, 2.24) is 0 Å². The molecule has 1 N–H and O–H groups in total. The Kier molecular flexibility index (Phi) is 4.37. The van der Waals surface area contributed by atoms with Crippen molar-refractivity contribution in [1.29, 1.82) is 0 Å². The molecule has 0 aliphatic carbocycles. The molecule has 2 aromatic carbocycles. The lowest BCUT2D eigenvalue weighted by Crippen LogP contribution is -2.42. The molecule has 0 radical (unpaired) electrons. The number of carbonyl (C=O) groups excluding carboxylic acids is 1. The van der Waals surface area contributed by atoms with Gasteiger partial charge in [-0.3, -0.25) is 0 Å². The minimum absolute atomic E-state index is 0.0381. The van der Waals surface area contributed by atoms with Crippen molar-refractivity contribution < 1.29 is 32.2 Å². The summed E-state index contributed by atoms with van der Waals surface area (Å²) in [6.07, 6.45) is -1.09. The maximum Gasteiger partial charge on any atom is 0.291 e. The van der Waals surface area contributed by atoms with Crippen LogP contribution in [0.3, 0.4) is 0 Å². The van der Waals surface area contributed by atoms with Gasteiger partial charge in [-0.05, 0) is 42.0 Å². The molecular formula is C15H11F2O5S-. The van der Waals surface area contributed by atoms with Crippen LogP contribution < -0.4 is 5.11 Å². The summed E-state index contributed by atoms with van der Waals surface area (Å²) in [7, 11) is -3.86. The van der Waals surface area contributed by atoms with Gasteiger partial charge >= 0.3 is 0 Å². The molecule has 0 saturated heterocycles. The van der Waals surface area contributed by atoms with Gasteiger partial charge in [0.15, 0.2) is 0 Å². The monoisotopic (exact) mass is 341 g/mol. The summed E-state index contributed by atoms with van der Waals surface area (Å²) in [6, 6.07) is 9.30. The van der Waals surface area contributed by atoms with Gasteiger partial charge in [0.1, 0.15) is 11.7 Å². The van der Waals surface area contributed by atoms with Crippen LogP contribution in [0.4, 0.5) is 8.78 Å². The maximum absolute atomic E-state index is 13.1. The number of halogens is 2. The molecule has 5 nitrogen and oxygen atoms in total. The van der Waals surface area contributed by atoms with E-state index in [1.807, 2.05) is 0 Å². The molecule has 0 saturated carbocycles. The number of carbonyl (C=O) groups is 1. The van der Waals surface area contributed by atoms with E-state index in [1.54, 1.807) is 0 Å². The van der Waals surface area contributed by atoms with Crippen LogP contribution in [0.5, 0.6) is 5.75 Å². The van der Waals surface area contributed by atoms with Gasteiger partial charge in [0.25, 0.3) is 5.92 Å². The maximum atomic E-state index is 13.1. The van der Waals surface area contributed by atoms with Gasteiger partial charge in [0.05, 0.1) is 9.79 Å². The number of carboxylic acids is 1. The molecule has 2 aromatic rings. The Hall–Kier alpha value is -2.48. The predicted molar refractivity (Wildman–Crippen MR) is 73.7 cm³/mol. The molecule has 0 amide bonds. The summed E-state index contributed by atoms with van der Waals surface area (Å²) in [5, 5.41) is 19.5. The molecule has 0 aliphatic heterocycles. The van der Waals surface area contributed by atoms with Crippen molar-refractivity contribution in [3.05, 3.63) is 54.1 Å². The second kappa shape index (κ2) is 5.96. The highest BCUT2D eigenvalue weighted by Gasteiger charge is 2.31. The van der Waals surface area contributed by atoms with Crippen molar-refractivity contribution in [2.24, 2.45) is 0 Å². The normalized spacial score (nSPS) is 12.1. The van der Waals surface area contributed by atoms with Gasteiger partial charge in [-0.1, -0.05) is 12.1 Å². The third-order valence-corrected chi connectivity index (χ3v) is 4.89. The molecule has 0 spiro atoms. The molecule has 0 heterocycles. The van der Waals surface area contributed by atoms with E-state index in [0.717, 1.165) is 24.3 Å². The van der Waals surface area contributed by atoms with E-state index in [2.05, 4.69) is 0 Å². The summed E-state index contributed by atoms with van der Waals surface area (Å²) in [5.41, 5.74) is -0.0381. The first-order valence-corrected chi connectivity index (χ1v) is 7.83. The van der Waals surface area contributed by atoms with E-state index in [1.165, 1.54) is 24.3 Å². The fraction of sp³-hybridized carbons (Fsp3) is 0.133. The number of sulfone groups is 1. The number of phenolic OH excluding ortho intramolecular Hbond substituents is 1. The number of hydrogen-bond donors (Lipinski definition) is 1. The van der Waals surface area contributed by atoms with Gasteiger partial charge in [-0.2, -0.15) is 8.78 Å². The first-order valence-electron chi connectivity index (χ1n) is 6.35. The van der Waals surface area contributed by atoms with Crippen LogP contribution in [0.25, 0.3) is 0 Å². The van der Waals surface area contributed by atoms with Crippen molar-refractivity contribution in [2.75, 3.05) is 0 Å². The fourth-order valence-corrected chi connectivity index (χ4v) is 3.14. The van der Waals surface area contributed by atoms with E-state index < -0.39 is 28.1 Å². The minimum atomic E-state index is -4.03. The summed E-state index contributed by atoms with van der Waals surface area (Å²) in [6.45, 7) is 0. The fourth-order valence-electron chi connectivity index (χ4n) is 1.88. The van der Waals surface area contributed by atoms with Crippen LogP contribution in [0.15, 0.2) is 58.3 Å². The van der Waals surface area contributed by atoms with Gasteiger partial charge < -0.3 is 15.0 Å². The Morgan fingerprint density at radius 3 is 1.87 bits per heavy atom. The number of hydrogen-bond acceptors (Lipinski definition) is 5. The Balaban J connectivity index is 2.29. The number of rotatable bonds is 5. The molecule has 23 heavy (non-hydrogen) atoms. The zero-order valence-corrected chi connectivity index (χ0v) is 12.4. The van der Waals surface area contributed by atoms with Crippen LogP contribution in [0, 0.1) is 0 Å². The average Bonchev–Trinajstić information content (AvgIpc) is 2.47. The van der Waals surface area contributed by atoms with E-state index in [9.17, 15) is 27.1 Å². The van der Waals surface area contributed by atoms with Crippen LogP contribution in [0.2, 0.25) is 0 Å². The van der Waals surface area contributed by atoms with E-state index in [-0.39, 0.29) is 21.1 Å². The zero-order chi connectivity index (χ0) is 17.3. The molecule has 2 rings (SSSR count). The highest BCUT2D eigenvalue weighted by atomic mass is 32.2. The summed E-state index contributed by atoms with van der Waals surface area (Å²) >= 11 is 0. The molecule has 122 valence electrons. The summed E-state index contributed by atoms with van der Waals surface area (Å²) in [4.78, 5) is 10.1. The topological polar surface area (TPSA) is 94.5 Å². The minimum Gasteiger partial charge on any atom is -0.544 e. The van der Waals surface area contributed by atoms with Crippen molar-refractivity contribution >= 4 is 15.8 Å². The van der Waals surface area contributed by atoms with Gasteiger partial charge in [0, 0.05) is 6.42 Å². The van der Waals surface area contributed by atoms with Gasteiger partial charge in [-0.15, -0.1) is 0 Å². The molecule has 0 fully saturated rings. The van der Waals surface area contributed by atoms with Crippen molar-refractivity contribution in [2.45, 2.75) is 22.1 Å². The van der Waals surface area contributed by atoms with Crippen LogP contribution in [-0.2, 0) is 21.1 Å². The Labute approximate surface area is 130 Å². The zero-order valence-electron chi connectivity index (χ0n) is 11.6. The lowest BCUT2D eigenvalue weighted by molar-refractivity contribution is -0.329. The van der Waals surface area contributed by atoms with E-state index in [0.29, 0.717) is 0 Å². The lowest BCUT2D eigenvalue weighted by atomic mass is 10.1. The predicted octanol–water partition coefficient (Wildman–Crippen LogP) is 1.15. The summed E-state index contributed by atoms with van der Waals surface area (Å²) in [5.74, 6) is -6.61. The van der Waals surface area contributed by atoms with Crippen LogP contribution >= 0.6 is 0 Å². The second-order valence-corrected chi connectivity index (χ2v) is 6.76. The standard InChI is InChI=1S/C15H12F2O5S/c16-15(17,14(19)20)9-10-1-5-12(6-2-10)23(21,22)13-7-3-11(18)4-8-13/h1-8,18H,9H2,(H,19,20)/p-1. The molecular weight excluding hydrogens is 330 g/mol.